The first-order valence-corrected chi connectivity index (χ1v) is 7.97. The number of carbonyl (C=O) groups is 2. The summed E-state index contributed by atoms with van der Waals surface area (Å²) in [5, 5.41) is 7.08. The lowest BCUT2D eigenvalue weighted by molar-refractivity contribution is -0.152. The number of hydrogen-bond donors (Lipinski definition) is 1. The van der Waals surface area contributed by atoms with E-state index in [1.54, 1.807) is 4.90 Å². The molecule has 3 heterocycles. The van der Waals surface area contributed by atoms with Crippen LogP contribution >= 0.6 is 0 Å². The van der Waals surface area contributed by atoms with E-state index in [0.29, 0.717) is 32.4 Å². The average Bonchev–Trinajstić information content (AvgIpc) is 3.09. The second-order valence-electron chi connectivity index (χ2n) is 6.35. The lowest BCUT2D eigenvalue weighted by Crippen LogP contribution is -2.53. The first kappa shape index (κ1) is 15.2. The van der Waals surface area contributed by atoms with Gasteiger partial charge in [-0.2, -0.15) is 5.10 Å². The number of ether oxygens (including phenoxy) is 1. The molecule has 2 aliphatic rings. The van der Waals surface area contributed by atoms with E-state index >= 15 is 0 Å². The standard InChI is InChI=1S/C16H23N3O3/c1-11-13(12(2)18-17-11)4-5-15(21)19-8-7-16(14(20)10-19)6-3-9-22-16/h3-10H2,1-2H3,(H,17,18)/t16-/m1/s1. The lowest BCUT2D eigenvalue weighted by atomic mass is 9.87. The third-order valence-corrected chi connectivity index (χ3v) is 4.95. The minimum atomic E-state index is -0.589. The predicted octanol–water partition coefficient (Wildman–Crippen LogP) is 1.31. The van der Waals surface area contributed by atoms with Crippen molar-refractivity contribution in [3.8, 4) is 0 Å². The molecule has 120 valence electrons. The van der Waals surface area contributed by atoms with Crippen LogP contribution in [0.5, 0.6) is 0 Å². The van der Waals surface area contributed by atoms with Crippen LogP contribution in [0.4, 0.5) is 0 Å². The highest BCUT2D eigenvalue weighted by Gasteiger charge is 2.46. The molecule has 6 heteroatoms. The Hall–Kier alpha value is -1.69. The molecule has 2 aliphatic heterocycles. The molecular weight excluding hydrogens is 282 g/mol. The van der Waals surface area contributed by atoms with Gasteiger partial charge in [0.1, 0.15) is 5.60 Å². The van der Waals surface area contributed by atoms with Crippen molar-refractivity contribution in [3.63, 3.8) is 0 Å². The molecule has 1 N–H and O–H groups in total. The summed E-state index contributed by atoms with van der Waals surface area (Å²) in [5.41, 5.74) is 2.47. The van der Waals surface area contributed by atoms with Gasteiger partial charge < -0.3 is 9.64 Å². The number of hydrogen-bond acceptors (Lipinski definition) is 4. The first-order valence-electron chi connectivity index (χ1n) is 7.97. The zero-order chi connectivity index (χ0) is 15.7. The molecule has 22 heavy (non-hydrogen) atoms. The van der Waals surface area contributed by atoms with Crippen molar-refractivity contribution in [1.82, 2.24) is 15.1 Å². The summed E-state index contributed by atoms with van der Waals surface area (Å²) in [6.45, 7) is 5.38. The van der Waals surface area contributed by atoms with Gasteiger partial charge in [-0.05, 0) is 38.7 Å². The predicted molar refractivity (Wildman–Crippen MR) is 80.5 cm³/mol. The van der Waals surface area contributed by atoms with Crippen LogP contribution in [0.25, 0.3) is 0 Å². The zero-order valence-corrected chi connectivity index (χ0v) is 13.3. The molecule has 0 aliphatic carbocycles. The van der Waals surface area contributed by atoms with Crippen LogP contribution in [-0.2, 0) is 20.7 Å². The second kappa shape index (κ2) is 5.83. The molecule has 0 bridgehead atoms. The minimum absolute atomic E-state index is 0.0428. The fourth-order valence-corrected chi connectivity index (χ4v) is 3.51. The van der Waals surface area contributed by atoms with Crippen LogP contribution in [0, 0.1) is 13.8 Å². The van der Waals surface area contributed by atoms with Crippen LogP contribution < -0.4 is 0 Å². The van der Waals surface area contributed by atoms with E-state index in [4.69, 9.17) is 4.74 Å². The van der Waals surface area contributed by atoms with Crippen LogP contribution in [0.15, 0.2) is 0 Å². The molecule has 0 saturated carbocycles. The van der Waals surface area contributed by atoms with Gasteiger partial charge in [0.2, 0.25) is 5.91 Å². The Kier molecular flexibility index (Phi) is 4.04. The molecule has 0 aromatic carbocycles. The van der Waals surface area contributed by atoms with Crippen molar-refractivity contribution >= 4 is 11.7 Å². The third kappa shape index (κ3) is 2.67. The summed E-state index contributed by atoms with van der Waals surface area (Å²) in [5.74, 6) is 0.112. The van der Waals surface area contributed by atoms with Gasteiger partial charge in [0.15, 0.2) is 5.78 Å². The number of Topliss-reactive ketones (excluding diaryl/α,β-unsaturated/α-hetero) is 1. The third-order valence-electron chi connectivity index (χ3n) is 4.95. The highest BCUT2D eigenvalue weighted by Crippen LogP contribution is 2.33. The molecule has 2 saturated heterocycles. The highest BCUT2D eigenvalue weighted by molar-refractivity contribution is 5.93. The van der Waals surface area contributed by atoms with Gasteiger partial charge in [-0.15, -0.1) is 0 Å². The Morgan fingerprint density at radius 2 is 2.23 bits per heavy atom. The van der Waals surface area contributed by atoms with E-state index in [-0.39, 0.29) is 18.2 Å². The fourth-order valence-electron chi connectivity index (χ4n) is 3.51. The molecule has 6 nitrogen and oxygen atoms in total. The van der Waals surface area contributed by atoms with Crippen LogP contribution in [0.3, 0.4) is 0 Å². The number of carbonyl (C=O) groups excluding carboxylic acids is 2. The van der Waals surface area contributed by atoms with Crippen molar-refractivity contribution in [2.75, 3.05) is 19.7 Å². The number of amides is 1. The number of aryl methyl sites for hydroxylation is 2. The Balaban J connectivity index is 1.57. The van der Waals surface area contributed by atoms with Crippen molar-refractivity contribution in [2.24, 2.45) is 0 Å². The molecule has 0 radical (unpaired) electrons. The van der Waals surface area contributed by atoms with Gasteiger partial charge in [-0.1, -0.05) is 0 Å². The normalized spacial score (nSPS) is 25.2. The second-order valence-corrected chi connectivity index (χ2v) is 6.35. The SMILES string of the molecule is Cc1n[nH]c(C)c1CCC(=O)N1CC[C@]2(CCCO2)C(=O)C1. The molecular formula is C16H23N3O3. The van der Waals surface area contributed by atoms with Crippen molar-refractivity contribution < 1.29 is 14.3 Å². The highest BCUT2D eigenvalue weighted by atomic mass is 16.5. The van der Waals surface area contributed by atoms with Gasteiger partial charge in [0.25, 0.3) is 0 Å². The summed E-state index contributed by atoms with van der Waals surface area (Å²) in [7, 11) is 0. The topological polar surface area (TPSA) is 75.3 Å². The Morgan fingerprint density at radius 1 is 1.41 bits per heavy atom. The number of aromatic nitrogens is 2. The van der Waals surface area contributed by atoms with E-state index in [1.165, 1.54) is 0 Å². The minimum Gasteiger partial charge on any atom is -0.367 e. The van der Waals surface area contributed by atoms with Crippen LogP contribution in [-0.4, -0.2) is 52.1 Å². The number of likely N-dealkylation sites (tertiary alicyclic amines) is 1. The number of rotatable bonds is 3. The Morgan fingerprint density at radius 3 is 2.82 bits per heavy atom. The van der Waals surface area contributed by atoms with Crippen LogP contribution in [0.1, 0.15) is 42.6 Å². The summed E-state index contributed by atoms with van der Waals surface area (Å²) in [6, 6.07) is 0. The maximum atomic E-state index is 12.4. The largest absolute Gasteiger partial charge is 0.367 e. The summed E-state index contributed by atoms with van der Waals surface area (Å²) >= 11 is 0. The van der Waals surface area contributed by atoms with E-state index in [9.17, 15) is 9.59 Å². The van der Waals surface area contributed by atoms with E-state index < -0.39 is 5.60 Å². The molecule has 1 amide bonds. The number of nitrogens with zero attached hydrogens (tertiary/aromatic N) is 2. The van der Waals surface area contributed by atoms with E-state index in [2.05, 4.69) is 10.2 Å². The molecule has 3 rings (SSSR count). The molecule has 1 atom stereocenters. The summed E-state index contributed by atoms with van der Waals surface area (Å²) < 4.78 is 5.67. The average molecular weight is 305 g/mol. The maximum absolute atomic E-state index is 12.4. The first-order chi connectivity index (χ1) is 10.5. The molecule has 2 fully saturated rings. The number of ketones is 1. The molecule has 0 unspecified atom stereocenters. The summed E-state index contributed by atoms with van der Waals surface area (Å²) in [6.07, 6.45) is 3.48. The van der Waals surface area contributed by atoms with Crippen molar-refractivity contribution in [2.45, 2.75) is 51.6 Å². The fraction of sp³-hybridized carbons (Fsp3) is 0.688. The molecule has 1 aromatic rings. The van der Waals surface area contributed by atoms with Gasteiger partial charge in [0.05, 0.1) is 12.2 Å². The maximum Gasteiger partial charge on any atom is 0.223 e. The number of H-pyrrole nitrogens is 1. The number of nitrogens with one attached hydrogen (secondary N) is 1. The van der Waals surface area contributed by atoms with Gasteiger partial charge in [-0.25, -0.2) is 0 Å². The van der Waals surface area contributed by atoms with Crippen molar-refractivity contribution in [1.29, 1.82) is 0 Å². The van der Waals surface area contributed by atoms with Crippen LogP contribution in [0.2, 0.25) is 0 Å². The smallest absolute Gasteiger partial charge is 0.223 e. The van der Waals surface area contributed by atoms with Crippen molar-refractivity contribution in [3.05, 3.63) is 17.0 Å². The van der Waals surface area contributed by atoms with E-state index in [1.807, 2.05) is 13.8 Å². The molecule has 1 spiro atoms. The monoisotopic (exact) mass is 305 g/mol. The molecule has 1 aromatic heterocycles. The lowest BCUT2D eigenvalue weighted by Gasteiger charge is -2.37. The summed E-state index contributed by atoms with van der Waals surface area (Å²) in [4.78, 5) is 26.4. The Labute approximate surface area is 130 Å². The number of piperidine rings is 1. The van der Waals surface area contributed by atoms with E-state index in [0.717, 1.165) is 29.8 Å². The van der Waals surface area contributed by atoms with Gasteiger partial charge >= 0.3 is 0 Å². The Bertz CT molecular complexity index is 568. The zero-order valence-electron chi connectivity index (χ0n) is 13.3. The van der Waals surface area contributed by atoms with Gasteiger partial charge in [-0.3, -0.25) is 14.7 Å². The van der Waals surface area contributed by atoms with Gasteiger partial charge in [0, 0.05) is 31.7 Å². The quantitative estimate of drug-likeness (QED) is 0.913. The number of aromatic amines is 1.